The van der Waals surface area contributed by atoms with Crippen LogP contribution in [-0.2, 0) is 9.59 Å². The monoisotopic (exact) mass is 230 g/mol. The fraction of sp³-hybridized carbons (Fsp3) is 0.667. The number of rotatable bonds is 5. The molecule has 0 radical (unpaired) electrons. The van der Waals surface area contributed by atoms with E-state index >= 15 is 0 Å². The molecule has 0 unspecified atom stereocenters. The van der Waals surface area contributed by atoms with E-state index in [1.54, 1.807) is 0 Å². The van der Waals surface area contributed by atoms with Crippen LogP contribution in [0.4, 0.5) is 4.79 Å². The second kappa shape index (κ2) is 5.34. The first-order valence-corrected chi connectivity index (χ1v) is 5.00. The summed E-state index contributed by atoms with van der Waals surface area (Å²) in [6, 6.07) is -1.94. The van der Waals surface area contributed by atoms with Gasteiger partial charge in [-0.1, -0.05) is 0 Å². The number of carbonyl (C=O) groups is 3. The highest BCUT2D eigenvalue weighted by Gasteiger charge is 2.25. The van der Waals surface area contributed by atoms with E-state index in [2.05, 4.69) is 10.6 Å². The van der Waals surface area contributed by atoms with Crippen molar-refractivity contribution in [2.75, 3.05) is 0 Å². The lowest BCUT2D eigenvalue weighted by Gasteiger charge is -2.27. The summed E-state index contributed by atoms with van der Waals surface area (Å²) in [7, 11) is 0. The molecule has 7 heteroatoms. The average molecular weight is 230 g/mol. The van der Waals surface area contributed by atoms with Gasteiger partial charge in [-0.15, -0.1) is 0 Å². The van der Waals surface area contributed by atoms with Crippen LogP contribution in [0.5, 0.6) is 0 Å². The Morgan fingerprint density at radius 3 is 2.25 bits per heavy atom. The molecule has 1 rings (SSSR count). The Labute approximate surface area is 91.8 Å². The predicted octanol–water partition coefficient (Wildman–Crippen LogP) is -0.234. The fourth-order valence-electron chi connectivity index (χ4n) is 1.31. The summed E-state index contributed by atoms with van der Waals surface area (Å²) in [5.41, 5.74) is 0. The van der Waals surface area contributed by atoms with E-state index in [-0.39, 0.29) is 6.04 Å². The lowest BCUT2D eigenvalue weighted by molar-refractivity contribution is -0.145. The maximum atomic E-state index is 11.3. The van der Waals surface area contributed by atoms with Crippen LogP contribution in [0.3, 0.4) is 0 Å². The van der Waals surface area contributed by atoms with Crippen molar-refractivity contribution in [3.8, 4) is 0 Å². The third-order valence-electron chi connectivity index (χ3n) is 2.42. The smallest absolute Gasteiger partial charge is 0.326 e. The van der Waals surface area contributed by atoms with E-state index < -0.39 is 30.4 Å². The van der Waals surface area contributed by atoms with Gasteiger partial charge in [0.25, 0.3) is 0 Å². The third kappa shape index (κ3) is 3.76. The second-order valence-electron chi connectivity index (χ2n) is 3.73. The molecule has 2 amide bonds. The third-order valence-corrected chi connectivity index (χ3v) is 2.42. The van der Waals surface area contributed by atoms with Gasteiger partial charge in [-0.3, -0.25) is 4.79 Å². The Balaban J connectivity index is 2.37. The number of carboxylic acids is 2. The van der Waals surface area contributed by atoms with Gasteiger partial charge >= 0.3 is 18.0 Å². The molecule has 0 spiro atoms. The van der Waals surface area contributed by atoms with Gasteiger partial charge in [-0.25, -0.2) is 9.59 Å². The van der Waals surface area contributed by atoms with Gasteiger partial charge in [0.15, 0.2) is 0 Å². The molecule has 0 aromatic carbocycles. The molecule has 4 N–H and O–H groups in total. The highest BCUT2D eigenvalue weighted by molar-refractivity contribution is 5.86. The number of hydrogen-bond donors (Lipinski definition) is 4. The number of carbonyl (C=O) groups excluding carboxylic acids is 1. The first-order chi connectivity index (χ1) is 7.49. The van der Waals surface area contributed by atoms with Crippen LogP contribution in [-0.4, -0.2) is 40.3 Å². The molecule has 0 saturated heterocycles. The first kappa shape index (κ1) is 12.3. The molecule has 1 saturated carbocycles. The zero-order valence-electron chi connectivity index (χ0n) is 8.60. The molecular weight excluding hydrogens is 216 g/mol. The molecule has 7 nitrogen and oxygen atoms in total. The maximum Gasteiger partial charge on any atom is 0.326 e. The van der Waals surface area contributed by atoms with E-state index in [0.717, 1.165) is 19.3 Å². The number of amides is 2. The molecule has 0 bridgehead atoms. The minimum absolute atomic E-state index is 0.0827. The molecule has 1 aliphatic rings. The standard InChI is InChI=1S/C9H14N2O5/c12-7(13)4-6(8(14)15)11-9(16)10-5-2-1-3-5/h5-6H,1-4H2,(H,12,13)(H,14,15)(H2,10,11,16)/t6-/m0/s1. The maximum absolute atomic E-state index is 11.3. The predicted molar refractivity (Wildman–Crippen MR) is 53.0 cm³/mol. The number of hydrogen-bond acceptors (Lipinski definition) is 3. The molecule has 0 heterocycles. The SMILES string of the molecule is O=C(O)C[C@H](NC(=O)NC1CCC1)C(=O)O. The molecule has 1 aliphatic carbocycles. The molecule has 0 aromatic rings. The lowest BCUT2D eigenvalue weighted by Crippen LogP contribution is -2.51. The van der Waals surface area contributed by atoms with E-state index in [0.29, 0.717) is 0 Å². The molecule has 0 aliphatic heterocycles. The first-order valence-electron chi connectivity index (χ1n) is 5.00. The van der Waals surface area contributed by atoms with Gasteiger partial charge in [0.2, 0.25) is 0 Å². The lowest BCUT2D eigenvalue weighted by atomic mass is 9.93. The molecule has 1 atom stereocenters. The Morgan fingerprint density at radius 2 is 1.88 bits per heavy atom. The number of urea groups is 1. The summed E-state index contributed by atoms with van der Waals surface area (Å²) in [6.45, 7) is 0. The van der Waals surface area contributed by atoms with Gasteiger partial charge in [-0.05, 0) is 19.3 Å². The fourth-order valence-corrected chi connectivity index (χ4v) is 1.31. The van der Waals surface area contributed by atoms with Gasteiger partial charge < -0.3 is 20.8 Å². The van der Waals surface area contributed by atoms with Gasteiger partial charge in [0, 0.05) is 6.04 Å². The average Bonchev–Trinajstić information content (AvgIpc) is 2.09. The van der Waals surface area contributed by atoms with Crippen molar-refractivity contribution < 1.29 is 24.6 Å². The largest absolute Gasteiger partial charge is 0.481 e. The highest BCUT2D eigenvalue weighted by Crippen LogP contribution is 2.17. The van der Waals surface area contributed by atoms with E-state index in [4.69, 9.17) is 10.2 Å². The Kier molecular flexibility index (Phi) is 4.10. The Bertz CT molecular complexity index is 300. The van der Waals surface area contributed by atoms with E-state index in [9.17, 15) is 14.4 Å². The summed E-state index contributed by atoms with van der Waals surface area (Å²) in [6.07, 6.45) is 2.17. The summed E-state index contributed by atoms with van der Waals surface area (Å²) < 4.78 is 0. The van der Waals surface area contributed by atoms with Crippen molar-refractivity contribution in [2.24, 2.45) is 0 Å². The molecule has 0 aromatic heterocycles. The minimum atomic E-state index is -1.39. The van der Waals surface area contributed by atoms with Crippen LogP contribution in [0.2, 0.25) is 0 Å². The summed E-state index contributed by atoms with van der Waals surface area (Å²) in [5, 5.41) is 21.8. The van der Waals surface area contributed by atoms with Gasteiger partial charge in [0.05, 0.1) is 6.42 Å². The zero-order chi connectivity index (χ0) is 12.1. The van der Waals surface area contributed by atoms with Gasteiger partial charge in [0.1, 0.15) is 6.04 Å². The summed E-state index contributed by atoms with van der Waals surface area (Å²) >= 11 is 0. The van der Waals surface area contributed by atoms with Crippen LogP contribution in [0.25, 0.3) is 0 Å². The van der Waals surface area contributed by atoms with Crippen molar-refractivity contribution in [1.82, 2.24) is 10.6 Å². The van der Waals surface area contributed by atoms with Crippen LogP contribution < -0.4 is 10.6 Å². The van der Waals surface area contributed by atoms with Crippen molar-refractivity contribution in [3.63, 3.8) is 0 Å². The topological polar surface area (TPSA) is 116 Å². The van der Waals surface area contributed by atoms with Crippen molar-refractivity contribution in [2.45, 2.75) is 37.8 Å². The van der Waals surface area contributed by atoms with E-state index in [1.807, 2.05) is 0 Å². The van der Waals surface area contributed by atoms with Crippen LogP contribution in [0.1, 0.15) is 25.7 Å². The van der Waals surface area contributed by atoms with Crippen molar-refractivity contribution in [1.29, 1.82) is 0 Å². The molecule has 16 heavy (non-hydrogen) atoms. The number of nitrogens with one attached hydrogen (secondary N) is 2. The second-order valence-corrected chi connectivity index (χ2v) is 3.73. The number of carboxylic acid groups (broad SMARTS) is 2. The Morgan fingerprint density at radius 1 is 1.25 bits per heavy atom. The Hall–Kier alpha value is -1.79. The van der Waals surface area contributed by atoms with E-state index in [1.165, 1.54) is 0 Å². The van der Waals surface area contributed by atoms with Crippen molar-refractivity contribution in [3.05, 3.63) is 0 Å². The summed E-state index contributed by atoms with van der Waals surface area (Å²) in [5.74, 6) is -2.62. The highest BCUT2D eigenvalue weighted by atomic mass is 16.4. The van der Waals surface area contributed by atoms with Crippen LogP contribution in [0.15, 0.2) is 0 Å². The quantitative estimate of drug-likeness (QED) is 0.520. The van der Waals surface area contributed by atoms with Crippen molar-refractivity contribution >= 4 is 18.0 Å². The normalized spacial score (nSPS) is 17.0. The molecule has 90 valence electrons. The van der Waals surface area contributed by atoms with Crippen LogP contribution >= 0.6 is 0 Å². The van der Waals surface area contributed by atoms with Crippen LogP contribution in [0, 0.1) is 0 Å². The molecular formula is C9H14N2O5. The summed E-state index contributed by atoms with van der Waals surface area (Å²) in [4.78, 5) is 32.2. The van der Waals surface area contributed by atoms with Gasteiger partial charge in [-0.2, -0.15) is 0 Å². The molecule has 1 fully saturated rings. The minimum Gasteiger partial charge on any atom is -0.481 e. The number of aliphatic carboxylic acids is 2. The zero-order valence-corrected chi connectivity index (χ0v) is 8.60.